The quantitative estimate of drug-likeness (QED) is 0.715. The van der Waals surface area contributed by atoms with E-state index in [0.717, 1.165) is 16.3 Å². The zero-order chi connectivity index (χ0) is 20.4. The predicted octanol–water partition coefficient (Wildman–Crippen LogP) is 3.42. The lowest BCUT2D eigenvalue weighted by Gasteiger charge is -2.27. The Morgan fingerprint density at radius 3 is 2.52 bits per heavy atom. The van der Waals surface area contributed by atoms with Crippen molar-refractivity contribution in [3.05, 3.63) is 71.8 Å². The molecule has 6 nitrogen and oxygen atoms in total. The number of amides is 1. The predicted molar refractivity (Wildman–Crippen MR) is 113 cm³/mol. The lowest BCUT2D eigenvalue weighted by molar-refractivity contribution is 0.0302. The summed E-state index contributed by atoms with van der Waals surface area (Å²) in [6.45, 7) is 3.80. The van der Waals surface area contributed by atoms with E-state index in [0.29, 0.717) is 37.6 Å². The van der Waals surface area contributed by atoms with Gasteiger partial charge < -0.3 is 9.64 Å². The van der Waals surface area contributed by atoms with Crippen LogP contribution in [0.2, 0.25) is 0 Å². The lowest BCUT2D eigenvalue weighted by atomic mass is 10.1. The van der Waals surface area contributed by atoms with Crippen LogP contribution in [0.4, 0.5) is 5.69 Å². The maximum absolute atomic E-state index is 13.1. The Morgan fingerprint density at radius 1 is 1.00 bits per heavy atom. The fourth-order valence-electron chi connectivity index (χ4n) is 3.45. The molecule has 1 amide bonds. The molecule has 0 aromatic heterocycles. The van der Waals surface area contributed by atoms with Crippen molar-refractivity contribution in [2.75, 3.05) is 31.0 Å². The number of rotatable bonds is 4. The largest absolute Gasteiger partial charge is 0.378 e. The van der Waals surface area contributed by atoms with Gasteiger partial charge in [-0.2, -0.15) is 0 Å². The molecule has 0 unspecified atom stereocenters. The second-order valence-corrected chi connectivity index (χ2v) is 8.70. The van der Waals surface area contributed by atoms with E-state index in [1.807, 2.05) is 43.3 Å². The number of nitrogens with zero attached hydrogens (tertiary/aromatic N) is 1. The highest BCUT2D eigenvalue weighted by Gasteiger charge is 2.23. The smallest absolute Gasteiger partial charge is 0.261 e. The number of fused-ring (bicyclic) bond motifs is 1. The topological polar surface area (TPSA) is 75.7 Å². The van der Waals surface area contributed by atoms with Crippen LogP contribution in [-0.4, -0.2) is 45.5 Å². The Morgan fingerprint density at radius 2 is 1.72 bits per heavy atom. The Kier molecular flexibility index (Phi) is 5.25. The van der Waals surface area contributed by atoms with Crippen molar-refractivity contribution in [2.45, 2.75) is 11.8 Å². The minimum absolute atomic E-state index is 0.0626. The maximum Gasteiger partial charge on any atom is 0.261 e. The molecule has 1 aliphatic heterocycles. The zero-order valence-electron chi connectivity index (χ0n) is 16.1. The van der Waals surface area contributed by atoms with Crippen molar-refractivity contribution in [1.82, 2.24) is 4.90 Å². The molecule has 1 fully saturated rings. The summed E-state index contributed by atoms with van der Waals surface area (Å²) in [6.07, 6.45) is 0. The summed E-state index contributed by atoms with van der Waals surface area (Å²) in [5, 5.41) is 1.76. The third-order valence-corrected chi connectivity index (χ3v) is 6.45. The summed E-state index contributed by atoms with van der Waals surface area (Å²) in [4.78, 5) is 14.6. The van der Waals surface area contributed by atoms with Gasteiger partial charge in [0.05, 0.1) is 23.8 Å². The van der Waals surface area contributed by atoms with Gasteiger partial charge >= 0.3 is 0 Å². The number of hydrogen-bond donors (Lipinski definition) is 1. The molecule has 0 atom stereocenters. The van der Waals surface area contributed by atoms with E-state index in [2.05, 4.69) is 4.72 Å². The van der Waals surface area contributed by atoms with Gasteiger partial charge in [-0.1, -0.05) is 42.5 Å². The van der Waals surface area contributed by atoms with Crippen molar-refractivity contribution >= 4 is 32.4 Å². The number of aryl methyl sites for hydroxylation is 1. The normalized spacial score (nSPS) is 14.7. The summed E-state index contributed by atoms with van der Waals surface area (Å²) in [7, 11) is -3.85. The molecule has 150 valence electrons. The zero-order valence-corrected chi connectivity index (χ0v) is 16.9. The molecule has 3 aromatic rings. The first kappa shape index (κ1) is 19.4. The van der Waals surface area contributed by atoms with Crippen LogP contribution in [0, 0.1) is 6.92 Å². The van der Waals surface area contributed by atoms with Crippen molar-refractivity contribution in [1.29, 1.82) is 0 Å². The van der Waals surface area contributed by atoms with Gasteiger partial charge in [-0.05, 0) is 36.1 Å². The number of carbonyl (C=O) groups is 1. The second kappa shape index (κ2) is 7.85. The average Bonchev–Trinajstić information content (AvgIpc) is 2.74. The first-order chi connectivity index (χ1) is 14.0. The average molecular weight is 410 g/mol. The van der Waals surface area contributed by atoms with E-state index < -0.39 is 10.0 Å². The molecule has 1 saturated heterocycles. The summed E-state index contributed by atoms with van der Waals surface area (Å²) in [5.74, 6) is -0.173. The van der Waals surface area contributed by atoms with Gasteiger partial charge in [0.25, 0.3) is 15.9 Å². The van der Waals surface area contributed by atoms with E-state index in [9.17, 15) is 13.2 Å². The van der Waals surface area contributed by atoms with Gasteiger partial charge in [0, 0.05) is 24.0 Å². The minimum Gasteiger partial charge on any atom is -0.378 e. The fraction of sp³-hybridized carbons (Fsp3) is 0.227. The molecule has 1 N–H and O–H groups in total. The third-order valence-electron chi connectivity index (χ3n) is 5.08. The van der Waals surface area contributed by atoms with Crippen LogP contribution >= 0.6 is 0 Å². The first-order valence-electron chi connectivity index (χ1n) is 9.44. The molecular formula is C22H22N2O4S. The number of benzene rings is 3. The molecule has 0 radical (unpaired) electrons. The fourth-order valence-corrected chi connectivity index (χ4v) is 4.56. The number of carbonyl (C=O) groups excluding carboxylic acids is 1. The molecule has 0 aliphatic carbocycles. The highest BCUT2D eigenvalue weighted by Crippen LogP contribution is 2.26. The van der Waals surface area contributed by atoms with Gasteiger partial charge in [0.15, 0.2) is 0 Å². The highest BCUT2D eigenvalue weighted by atomic mass is 32.2. The molecule has 7 heteroatoms. The number of sulfonamides is 1. The van der Waals surface area contributed by atoms with E-state index in [-0.39, 0.29) is 10.8 Å². The molecule has 29 heavy (non-hydrogen) atoms. The summed E-state index contributed by atoms with van der Waals surface area (Å²) in [6, 6.07) is 17.7. The van der Waals surface area contributed by atoms with Crippen molar-refractivity contribution < 1.29 is 17.9 Å². The van der Waals surface area contributed by atoms with E-state index >= 15 is 0 Å². The number of hydrogen-bond acceptors (Lipinski definition) is 4. The molecule has 0 saturated carbocycles. The molecule has 3 aromatic carbocycles. The molecule has 4 rings (SSSR count). The van der Waals surface area contributed by atoms with Crippen LogP contribution < -0.4 is 4.72 Å². The molecule has 1 heterocycles. The van der Waals surface area contributed by atoms with E-state index in [1.54, 1.807) is 17.0 Å². The van der Waals surface area contributed by atoms with Crippen molar-refractivity contribution in [3.63, 3.8) is 0 Å². The number of nitrogens with one attached hydrogen (secondary N) is 1. The minimum atomic E-state index is -3.85. The second-order valence-electron chi connectivity index (χ2n) is 7.01. The van der Waals surface area contributed by atoms with Gasteiger partial charge in [-0.15, -0.1) is 0 Å². The third kappa shape index (κ3) is 3.97. The summed E-state index contributed by atoms with van der Waals surface area (Å²) in [5.41, 5.74) is 1.64. The first-order valence-corrected chi connectivity index (χ1v) is 10.9. The monoisotopic (exact) mass is 410 g/mol. The van der Waals surface area contributed by atoms with Crippen LogP contribution in [0.5, 0.6) is 0 Å². The molecule has 0 bridgehead atoms. The van der Waals surface area contributed by atoms with Crippen molar-refractivity contribution in [2.24, 2.45) is 0 Å². The molecule has 1 aliphatic rings. The van der Waals surface area contributed by atoms with Gasteiger partial charge in [0.2, 0.25) is 0 Å². The van der Waals surface area contributed by atoms with Crippen LogP contribution in [0.1, 0.15) is 15.9 Å². The Bertz CT molecular complexity index is 1160. The van der Waals surface area contributed by atoms with E-state index in [1.165, 1.54) is 12.1 Å². The number of morpholine rings is 1. The lowest BCUT2D eigenvalue weighted by Crippen LogP contribution is -2.41. The standard InChI is InChI=1S/C22H22N2O4S/c1-16-9-10-18(15-20(16)22(25)24-11-13-28-14-12-24)29(26,27)23-21-8-4-6-17-5-2-3-7-19(17)21/h2-10,15,23H,11-14H2,1H3. The molecule has 0 spiro atoms. The Hall–Kier alpha value is -2.90. The number of ether oxygens (including phenoxy) is 1. The number of anilines is 1. The Labute approximate surface area is 170 Å². The summed E-state index contributed by atoms with van der Waals surface area (Å²) >= 11 is 0. The van der Waals surface area contributed by atoms with Crippen LogP contribution in [0.15, 0.2) is 65.6 Å². The molecular weight excluding hydrogens is 388 g/mol. The highest BCUT2D eigenvalue weighted by molar-refractivity contribution is 7.92. The van der Waals surface area contributed by atoms with Gasteiger partial charge in [-0.3, -0.25) is 9.52 Å². The van der Waals surface area contributed by atoms with Gasteiger partial charge in [0.1, 0.15) is 0 Å². The van der Waals surface area contributed by atoms with Crippen LogP contribution in [0.25, 0.3) is 10.8 Å². The van der Waals surface area contributed by atoms with Gasteiger partial charge in [-0.25, -0.2) is 8.42 Å². The SMILES string of the molecule is Cc1ccc(S(=O)(=O)Nc2cccc3ccccc23)cc1C(=O)N1CCOCC1. The maximum atomic E-state index is 13.1. The van der Waals surface area contributed by atoms with Crippen molar-refractivity contribution in [3.8, 4) is 0 Å². The van der Waals surface area contributed by atoms with Crippen LogP contribution in [0.3, 0.4) is 0 Å². The van der Waals surface area contributed by atoms with Crippen LogP contribution in [-0.2, 0) is 14.8 Å². The Balaban J connectivity index is 1.67. The summed E-state index contributed by atoms with van der Waals surface area (Å²) < 4.78 is 34.1. The van der Waals surface area contributed by atoms with E-state index in [4.69, 9.17) is 4.74 Å².